The fourth-order valence-corrected chi connectivity index (χ4v) is 7.76. The van der Waals surface area contributed by atoms with Crippen molar-refractivity contribution < 1.29 is 64.6 Å². The zero-order valence-electron chi connectivity index (χ0n) is 35.3. The van der Waals surface area contributed by atoms with Gasteiger partial charge in [0, 0.05) is 6.42 Å². The first-order valence-electron chi connectivity index (χ1n) is 22.8. The van der Waals surface area contributed by atoms with Crippen molar-refractivity contribution in [3.8, 4) is 0 Å². The third kappa shape index (κ3) is 20.4. The summed E-state index contributed by atoms with van der Waals surface area (Å²) in [5, 5.41) is 86.5. The van der Waals surface area contributed by atoms with Crippen LogP contribution in [-0.2, 0) is 23.7 Å². The smallest absolute Gasteiger partial charge is 0.220 e. The number of carbonyl (C=O) groups is 1. The summed E-state index contributed by atoms with van der Waals surface area (Å²) in [4.78, 5) is 13.1. The Morgan fingerprint density at radius 2 is 1.00 bits per heavy atom. The van der Waals surface area contributed by atoms with Crippen LogP contribution in [0.3, 0.4) is 0 Å². The van der Waals surface area contributed by atoms with Gasteiger partial charge >= 0.3 is 0 Å². The molecule has 2 aliphatic heterocycles. The number of hydrogen-bond acceptors (Lipinski definition) is 13. The van der Waals surface area contributed by atoms with Crippen LogP contribution in [-0.4, -0.2) is 140 Å². The zero-order chi connectivity index (χ0) is 41.8. The number of unbranched alkanes of at least 4 members (excludes halogenated alkanes) is 21. The highest BCUT2D eigenvalue weighted by Crippen LogP contribution is 2.30. The fraction of sp³-hybridized carbons (Fsp3) is 0.977. The van der Waals surface area contributed by atoms with Crippen molar-refractivity contribution in [2.45, 2.75) is 248 Å². The second-order valence-corrected chi connectivity index (χ2v) is 16.5. The summed E-state index contributed by atoms with van der Waals surface area (Å²) in [6.07, 6.45) is 11.2. The Labute approximate surface area is 343 Å². The Morgan fingerprint density at radius 3 is 1.49 bits per heavy atom. The summed E-state index contributed by atoms with van der Waals surface area (Å²) >= 11 is 0. The number of aliphatic hydroxyl groups is 8. The van der Waals surface area contributed by atoms with Gasteiger partial charge in [0.15, 0.2) is 12.6 Å². The van der Waals surface area contributed by atoms with Crippen LogP contribution in [0.2, 0.25) is 0 Å². The lowest BCUT2D eigenvalue weighted by atomic mass is 9.97. The maximum atomic E-state index is 13.1. The molecule has 14 nitrogen and oxygen atoms in total. The second-order valence-electron chi connectivity index (χ2n) is 16.5. The summed E-state index contributed by atoms with van der Waals surface area (Å²) in [5.74, 6) is -0.209. The van der Waals surface area contributed by atoms with Crippen LogP contribution in [0.5, 0.6) is 0 Å². The van der Waals surface area contributed by atoms with Crippen LogP contribution >= 0.6 is 0 Å². The molecular formula is C43H83NO13. The number of amides is 1. The first-order chi connectivity index (χ1) is 27.6. The SMILES string of the molecule is CCCCCCCCCCCCCCCC(O)C(COC1OC(CO)C(OC2OC(CO)C(O)C(O)C2O)C(O)C1O)NC(=O)CCCCCCCCCCCC. The molecule has 2 saturated heterocycles. The van der Waals surface area contributed by atoms with Crippen molar-refractivity contribution in [2.24, 2.45) is 0 Å². The van der Waals surface area contributed by atoms with E-state index in [0.717, 1.165) is 51.4 Å². The molecule has 12 atom stereocenters. The molecule has 0 bridgehead atoms. The topological polar surface area (TPSA) is 228 Å². The zero-order valence-corrected chi connectivity index (χ0v) is 35.3. The average molecular weight is 822 g/mol. The van der Waals surface area contributed by atoms with Crippen LogP contribution in [0.25, 0.3) is 0 Å². The van der Waals surface area contributed by atoms with E-state index in [-0.39, 0.29) is 12.5 Å². The highest BCUT2D eigenvalue weighted by atomic mass is 16.7. The van der Waals surface area contributed by atoms with Gasteiger partial charge in [0.05, 0.1) is 32.0 Å². The normalized spacial score (nSPS) is 29.0. The third-order valence-electron chi connectivity index (χ3n) is 11.6. The Morgan fingerprint density at radius 1 is 0.561 bits per heavy atom. The van der Waals surface area contributed by atoms with Gasteiger partial charge in [0.1, 0.15) is 48.8 Å². The fourth-order valence-electron chi connectivity index (χ4n) is 7.76. The number of aliphatic hydroxyl groups excluding tert-OH is 8. The second kappa shape index (κ2) is 31.8. The number of hydrogen-bond donors (Lipinski definition) is 9. The summed E-state index contributed by atoms with van der Waals surface area (Å²) in [7, 11) is 0. The predicted octanol–water partition coefficient (Wildman–Crippen LogP) is 4.27. The molecule has 0 saturated carbocycles. The molecule has 2 aliphatic rings. The molecule has 14 heteroatoms. The molecule has 2 heterocycles. The van der Waals surface area contributed by atoms with Crippen LogP contribution in [0.1, 0.15) is 174 Å². The Hall–Kier alpha value is -1.01. The molecule has 0 aromatic rings. The molecule has 0 spiro atoms. The maximum Gasteiger partial charge on any atom is 0.220 e. The van der Waals surface area contributed by atoms with Gasteiger partial charge in [0.25, 0.3) is 0 Å². The summed E-state index contributed by atoms with van der Waals surface area (Å²) in [5.41, 5.74) is 0. The van der Waals surface area contributed by atoms with Crippen molar-refractivity contribution in [1.82, 2.24) is 5.32 Å². The van der Waals surface area contributed by atoms with Crippen LogP contribution in [0, 0.1) is 0 Å². The molecule has 9 N–H and O–H groups in total. The third-order valence-corrected chi connectivity index (χ3v) is 11.6. The molecule has 0 aromatic carbocycles. The minimum Gasteiger partial charge on any atom is -0.394 e. The first-order valence-corrected chi connectivity index (χ1v) is 22.8. The van der Waals surface area contributed by atoms with Crippen molar-refractivity contribution >= 4 is 5.91 Å². The minimum absolute atomic E-state index is 0.209. The van der Waals surface area contributed by atoms with E-state index in [2.05, 4.69) is 19.2 Å². The van der Waals surface area contributed by atoms with Crippen LogP contribution < -0.4 is 5.32 Å². The van der Waals surface area contributed by atoms with Gasteiger partial charge in [-0.05, 0) is 12.8 Å². The monoisotopic (exact) mass is 822 g/mol. The lowest BCUT2D eigenvalue weighted by Crippen LogP contribution is -2.65. The molecule has 1 amide bonds. The van der Waals surface area contributed by atoms with E-state index >= 15 is 0 Å². The molecule has 57 heavy (non-hydrogen) atoms. The summed E-state index contributed by atoms with van der Waals surface area (Å²) in [6.45, 7) is 2.81. The van der Waals surface area contributed by atoms with Crippen molar-refractivity contribution in [2.75, 3.05) is 19.8 Å². The van der Waals surface area contributed by atoms with Gasteiger partial charge in [-0.2, -0.15) is 0 Å². The number of ether oxygens (including phenoxy) is 4. The Bertz CT molecular complexity index is 977. The molecular weight excluding hydrogens is 738 g/mol. The van der Waals surface area contributed by atoms with Crippen molar-refractivity contribution in [1.29, 1.82) is 0 Å². The molecule has 0 aliphatic carbocycles. The van der Waals surface area contributed by atoms with E-state index in [1.807, 2.05) is 0 Å². The predicted molar refractivity (Wildman–Crippen MR) is 217 cm³/mol. The molecule has 0 aromatic heterocycles. The van der Waals surface area contributed by atoms with E-state index in [9.17, 15) is 45.6 Å². The Balaban J connectivity index is 1.89. The lowest BCUT2D eigenvalue weighted by Gasteiger charge is -2.46. The van der Waals surface area contributed by atoms with Gasteiger partial charge in [0.2, 0.25) is 5.91 Å². The molecule has 2 fully saturated rings. The highest BCUT2D eigenvalue weighted by molar-refractivity contribution is 5.76. The summed E-state index contributed by atoms with van der Waals surface area (Å²) < 4.78 is 22.7. The van der Waals surface area contributed by atoms with E-state index in [0.29, 0.717) is 12.8 Å². The van der Waals surface area contributed by atoms with Crippen LogP contribution in [0.4, 0.5) is 0 Å². The van der Waals surface area contributed by atoms with Gasteiger partial charge in [-0.1, -0.05) is 155 Å². The van der Waals surface area contributed by atoms with E-state index in [4.69, 9.17) is 18.9 Å². The van der Waals surface area contributed by atoms with E-state index < -0.39 is 86.8 Å². The molecule has 12 unspecified atom stereocenters. The van der Waals surface area contributed by atoms with E-state index in [1.165, 1.54) is 96.3 Å². The van der Waals surface area contributed by atoms with Gasteiger partial charge in [-0.25, -0.2) is 0 Å². The first kappa shape index (κ1) is 52.1. The summed E-state index contributed by atoms with van der Waals surface area (Å²) in [6, 6.07) is -0.818. The lowest BCUT2D eigenvalue weighted by molar-refractivity contribution is -0.359. The van der Waals surface area contributed by atoms with Crippen molar-refractivity contribution in [3.63, 3.8) is 0 Å². The number of rotatable bonds is 34. The number of nitrogens with one attached hydrogen (secondary N) is 1. The van der Waals surface area contributed by atoms with Gasteiger partial charge < -0.3 is 65.1 Å². The van der Waals surface area contributed by atoms with Crippen molar-refractivity contribution in [3.05, 3.63) is 0 Å². The van der Waals surface area contributed by atoms with E-state index in [1.54, 1.807) is 0 Å². The average Bonchev–Trinajstić information content (AvgIpc) is 3.21. The van der Waals surface area contributed by atoms with Crippen LogP contribution in [0.15, 0.2) is 0 Å². The molecule has 2 rings (SSSR count). The highest BCUT2D eigenvalue weighted by Gasteiger charge is 2.51. The Kier molecular flexibility index (Phi) is 29.1. The standard InChI is InChI=1S/C43H83NO13/c1-3-5-7-9-11-13-15-16-17-18-20-22-24-26-32(47)31(44-35(48)27-25-23-21-19-14-12-10-8-6-4-2)30-54-42-40(53)38(51)41(34(29-46)56-42)57-43-39(52)37(50)36(49)33(28-45)55-43/h31-34,36-43,45-47,49-53H,3-30H2,1-2H3,(H,44,48). The molecule has 338 valence electrons. The minimum atomic E-state index is -1.78. The van der Waals surface area contributed by atoms with Gasteiger partial charge in [-0.3, -0.25) is 4.79 Å². The molecule has 0 radical (unpaired) electrons. The quantitative estimate of drug-likeness (QED) is 0.0414. The maximum absolute atomic E-state index is 13.1. The largest absolute Gasteiger partial charge is 0.394 e. The van der Waals surface area contributed by atoms with Gasteiger partial charge in [-0.15, -0.1) is 0 Å². The number of carbonyl (C=O) groups excluding carboxylic acids is 1.